The summed E-state index contributed by atoms with van der Waals surface area (Å²) in [5, 5.41) is 1.77. The van der Waals surface area contributed by atoms with Gasteiger partial charge in [0.1, 0.15) is 12.4 Å². The van der Waals surface area contributed by atoms with Crippen molar-refractivity contribution in [3.8, 4) is 11.5 Å². The second-order valence-corrected chi connectivity index (χ2v) is 9.42. The van der Waals surface area contributed by atoms with E-state index in [4.69, 9.17) is 9.47 Å². The van der Waals surface area contributed by atoms with E-state index in [9.17, 15) is 14.0 Å². The standard InChI is InChI=1S/C30H24FNO4S/c1-2-35-27-16-20(14-15-26(27)36-19-23-9-4-6-13-25(23)31)17-28-29(33)32(30(34)37-28)18-22-11-7-10-21-8-3-5-12-24(21)22/h3-17H,2,18-19H2,1H3/b28-17+. The summed E-state index contributed by atoms with van der Waals surface area (Å²) in [4.78, 5) is 27.5. The van der Waals surface area contributed by atoms with Gasteiger partial charge in [-0.2, -0.15) is 0 Å². The first-order valence-electron chi connectivity index (χ1n) is 11.9. The summed E-state index contributed by atoms with van der Waals surface area (Å²) in [5.41, 5.74) is 2.04. The summed E-state index contributed by atoms with van der Waals surface area (Å²) in [6, 6.07) is 25.4. The number of benzene rings is 4. The lowest BCUT2D eigenvalue weighted by Crippen LogP contribution is -2.27. The van der Waals surface area contributed by atoms with Gasteiger partial charge in [-0.25, -0.2) is 4.39 Å². The van der Waals surface area contributed by atoms with Gasteiger partial charge in [-0.1, -0.05) is 66.7 Å². The molecule has 0 unspecified atom stereocenters. The molecule has 0 atom stereocenters. The highest BCUT2D eigenvalue weighted by atomic mass is 32.2. The molecule has 5 rings (SSSR count). The monoisotopic (exact) mass is 513 g/mol. The van der Waals surface area contributed by atoms with E-state index >= 15 is 0 Å². The lowest BCUT2D eigenvalue weighted by Gasteiger charge is -2.14. The molecule has 0 spiro atoms. The summed E-state index contributed by atoms with van der Waals surface area (Å²) in [6.07, 6.45) is 1.68. The normalized spacial score (nSPS) is 14.5. The number of nitrogens with zero attached hydrogens (tertiary/aromatic N) is 1. The van der Waals surface area contributed by atoms with Crippen molar-refractivity contribution in [2.75, 3.05) is 6.61 Å². The average molecular weight is 514 g/mol. The lowest BCUT2D eigenvalue weighted by atomic mass is 10.0. The fourth-order valence-corrected chi connectivity index (χ4v) is 5.00. The summed E-state index contributed by atoms with van der Waals surface area (Å²) in [5.74, 6) is 0.269. The summed E-state index contributed by atoms with van der Waals surface area (Å²) < 4.78 is 25.5. The molecule has 1 aliphatic heterocycles. The highest BCUT2D eigenvalue weighted by molar-refractivity contribution is 8.18. The molecule has 4 aromatic carbocycles. The van der Waals surface area contributed by atoms with Gasteiger partial charge >= 0.3 is 0 Å². The third-order valence-electron chi connectivity index (χ3n) is 5.99. The molecule has 1 aliphatic rings. The van der Waals surface area contributed by atoms with Gasteiger partial charge in [0.05, 0.1) is 18.1 Å². The minimum atomic E-state index is -0.337. The van der Waals surface area contributed by atoms with E-state index in [2.05, 4.69) is 0 Å². The first-order valence-corrected chi connectivity index (χ1v) is 12.7. The molecule has 37 heavy (non-hydrogen) atoms. The number of fused-ring (bicyclic) bond motifs is 1. The summed E-state index contributed by atoms with van der Waals surface area (Å²) in [6.45, 7) is 2.52. The lowest BCUT2D eigenvalue weighted by molar-refractivity contribution is -0.123. The maximum atomic E-state index is 14.0. The first-order chi connectivity index (χ1) is 18.0. The third kappa shape index (κ3) is 5.37. The number of imide groups is 1. The van der Waals surface area contributed by atoms with Crippen LogP contribution in [0.2, 0.25) is 0 Å². The van der Waals surface area contributed by atoms with Crippen molar-refractivity contribution in [3.63, 3.8) is 0 Å². The summed E-state index contributed by atoms with van der Waals surface area (Å²) in [7, 11) is 0. The Bertz CT molecular complexity index is 1510. The van der Waals surface area contributed by atoms with Crippen LogP contribution in [-0.4, -0.2) is 22.7 Å². The minimum absolute atomic E-state index is 0.0547. The molecule has 1 saturated heterocycles. The molecule has 186 valence electrons. The number of carbonyl (C=O) groups excluding carboxylic acids is 2. The van der Waals surface area contributed by atoms with Gasteiger partial charge in [-0.3, -0.25) is 14.5 Å². The molecule has 4 aromatic rings. The smallest absolute Gasteiger partial charge is 0.293 e. The van der Waals surface area contributed by atoms with E-state index in [1.54, 1.807) is 42.5 Å². The maximum absolute atomic E-state index is 14.0. The molecule has 0 aliphatic carbocycles. The number of rotatable bonds is 8. The average Bonchev–Trinajstić information content (AvgIpc) is 3.16. The van der Waals surface area contributed by atoms with Crippen LogP contribution in [0.4, 0.5) is 9.18 Å². The second kappa shape index (κ2) is 10.9. The number of hydrogen-bond acceptors (Lipinski definition) is 5. The van der Waals surface area contributed by atoms with Crippen LogP contribution < -0.4 is 9.47 Å². The van der Waals surface area contributed by atoms with E-state index in [1.807, 2.05) is 49.4 Å². The van der Waals surface area contributed by atoms with Crippen LogP contribution >= 0.6 is 11.8 Å². The van der Waals surface area contributed by atoms with Crippen LogP contribution in [0.25, 0.3) is 16.8 Å². The van der Waals surface area contributed by atoms with E-state index in [1.165, 1.54) is 11.0 Å². The number of hydrogen-bond donors (Lipinski definition) is 0. The molecule has 0 saturated carbocycles. The summed E-state index contributed by atoms with van der Waals surface area (Å²) >= 11 is 0.919. The Morgan fingerprint density at radius 2 is 1.62 bits per heavy atom. The van der Waals surface area contributed by atoms with Crippen LogP contribution in [0, 0.1) is 5.82 Å². The largest absolute Gasteiger partial charge is 0.490 e. The zero-order chi connectivity index (χ0) is 25.8. The SMILES string of the molecule is CCOc1cc(/C=C2/SC(=O)N(Cc3cccc4ccccc34)C2=O)ccc1OCc1ccccc1F. The van der Waals surface area contributed by atoms with E-state index in [0.29, 0.717) is 34.1 Å². The van der Waals surface area contributed by atoms with Crippen LogP contribution in [0.5, 0.6) is 11.5 Å². The van der Waals surface area contributed by atoms with Crippen LogP contribution in [-0.2, 0) is 17.9 Å². The molecule has 2 amide bonds. The Morgan fingerprint density at radius 3 is 2.46 bits per heavy atom. The van der Waals surface area contributed by atoms with Gasteiger partial charge in [0.15, 0.2) is 11.5 Å². The Kier molecular flexibility index (Phi) is 7.23. The van der Waals surface area contributed by atoms with Gasteiger partial charge in [-0.05, 0) is 64.9 Å². The Hall–Kier alpha value is -4.10. The predicted molar refractivity (Wildman–Crippen MR) is 144 cm³/mol. The molecule has 5 nitrogen and oxygen atoms in total. The Morgan fingerprint density at radius 1 is 0.865 bits per heavy atom. The van der Waals surface area contributed by atoms with Crippen molar-refractivity contribution in [2.24, 2.45) is 0 Å². The van der Waals surface area contributed by atoms with Gasteiger partial charge in [0, 0.05) is 5.56 Å². The highest BCUT2D eigenvalue weighted by Crippen LogP contribution is 2.36. The van der Waals surface area contributed by atoms with Gasteiger partial charge < -0.3 is 9.47 Å². The van der Waals surface area contributed by atoms with E-state index in [-0.39, 0.29) is 30.1 Å². The number of amides is 2. The Balaban J connectivity index is 1.35. The Labute approximate surface area is 218 Å². The van der Waals surface area contributed by atoms with Crippen molar-refractivity contribution in [2.45, 2.75) is 20.1 Å². The van der Waals surface area contributed by atoms with Crippen molar-refractivity contribution in [3.05, 3.63) is 112 Å². The number of carbonyl (C=O) groups is 2. The van der Waals surface area contributed by atoms with Crippen molar-refractivity contribution in [1.29, 1.82) is 0 Å². The number of ether oxygens (including phenoxy) is 2. The number of halogens is 1. The molecule has 1 fully saturated rings. The number of thioether (sulfide) groups is 1. The molecule has 0 radical (unpaired) electrons. The molecular weight excluding hydrogens is 489 g/mol. The van der Waals surface area contributed by atoms with Gasteiger partial charge in [0.2, 0.25) is 0 Å². The molecular formula is C30H24FNO4S. The van der Waals surface area contributed by atoms with Crippen molar-refractivity contribution >= 4 is 39.8 Å². The second-order valence-electron chi connectivity index (χ2n) is 8.43. The van der Waals surface area contributed by atoms with Crippen LogP contribution in [0.15, 0.2) is 89.8 Å². The topological polar surface area (TPSA) is 55.8 Å². The fourth-order valence-electron chi connectivity index (χ4n) is 4.16. The predicted octanol–water partition coefficient (Wildman–Crippen LogP) is 7.19. The fraction of sp³-hybridized carbons (Fsp3) is 0.133. The molecule has 7 heteroatoms. The minimum Gasteiger partial charge on any atom is -0.490 e. The van der Waals surface area contributed by atoms with E-state index < -0.39 is 0 Å². The highest BCUT2D eigenvalue weighted by Gasteiger charge is 2.35. The van der Waals surface area contributed by atoms with Crippen molar-refractivity contribution < 1.29 is 23.5 Å². The maximum Gasteiger partial charge on any atom is 0.293 e. The molecule has 0 N–H and O–H groups in total. The van der Waals surface area contributed by atoms with Crippen LogP contribution in [0.1, 0.15) is 23.6 Å². The van der Waals surface area contributed by atoms with E-state index in [0.717, 1.165) is 28.1 Å². The zero-order valence-corrected chi connectivity index (χ0v) is 21.0. The molecule has 0 bridgehead atoms. The molecule has 0 aromatic heterocycles. The van der Waals surface area contributed by atoms with Crippen molar-refractivity contribution in [1.82, 2.24) is 4.90 Å². The van der Waals surface area contributed by atoms with Gasteiger partial charge in [-0.15, -0.1) is 0 Å². The molecule has 1 heterocycles. The third-order valence-corrected chi connectivity index (χ3v) is 6.90. The zero-order valence-electron chi connectivity index (χ0n) is 20.1. The van der Waals surface area contributed by atoms with Gasteiger partial charge in [0.25, 0.3) is 11.1 Å². The quantitative estimate of drug-likeness (QED) is 0.233. The first kappa shape index (κ1) is 24.6. The van der Waals surface area contributed by atoms with Crippen LogP contribution in [0.3, 0.4) is 0 Å².